The first kappa shape index (κ1) is 18.9. The van der Waals surface area contributed by atoms with Crippen molar-refractivity contribution in [3.05, 3.63) is 0 Å². The zero-order valence-corrected chi connectivity index (χ0v) is 13.8. The highest BCUT2D eigenvalue weighted by molar-refractivity contribution is 14.0. The van der Waals surface area contributed by atoms with Crippen LogP contribution in [0.25, 0.3) is 0 Å². The molecule has 0 aliphatic rings. The van der Waals surface area contributed by atoms with Crippen LogP contribution < -0.4 is 10.6 Å². The standard InChI is InChI=1S/C13H25N3.HI/c1-6-10-15-12(14-7-2)16-11-8-9-13(3,4)5;/h1H,7-11H2,2-5H3,(H2,14,15,16);1H. The Kier molecular flexibility index (Phi) is 11.9. The van der Waals surface area contributed by atoms with Crippen LogP contribution in [0.1, 0.15) is 40.5 Å². The highest BCUT2D eigenvalue weighted by Crippen LogP contribution is 2.20. The van der Waals surface area contributed by atoms with Crippen molar-refractivity contribution < 1.29 is 0 Å². The molecule has 0 unspecified atom stereocenters. The number of aliphatic imine (C=N–C) groups is 1. The van der Waals surface area contributed by atoms with E-state index in [-0.39, 0.29) is 24.0 Å². The van der Waals surface area contributed by atoms with Crippen molar-refractivity contribution in [1.29, 1.82) is 0 Å². The lowest BCUT2D eigenvalue weighted by atomic mass is 9.91. The Balaban J connectivity index is 0. The van der Waals surface area contributed by atoms with Gasteiger partial charge in [0.15, 0.2) is 5.96 Å². The normalized spacial score (nSPS) is 11.4. The second-order valence-corrected chi connectivity index (χ2v) is 4.98. The van der Waals surface area contributed by atoms with Gasteiger partial charge in [0.05, 0.1) is 6.54 Å². The summed E-state index contributed by atoms with van der Waals surface area (Å²) in [6, 6.07) is 0. The summed E-state index contributed by atoms with van der Waals surface area (Å²) >= 11 is 0. The first-order chi connectivity index (χ1) is 7.49. The minimum atomic E-state index is 0. The highest BCUT2D eigenvalue weighted by atomic mass is 127. The third-order valence-corrected chi connectivity index (χ3v) is 2.06. The Morgan fingerprint density at radius 3 is 2.41 bits per heavy atom. The molecule has 100 valence electrons. The average molecular weight is 351 g/mol. The molecule has 0 bridgehead atoms. The molecule has 0 amide bonds. The summed E-state index contributed by atoms with van der Waals surface area (Å²) in [4.78, 5) is 4.45. The smallest absolute Gasteiger partial charge is 0.192 e. The van der Waals surface area contributed by atoms with Crippen molar-refractivity contribution in [2.45, 2.75) is 40.5 Å². The van der Waals surface area contributed by atoms with Crippen LogP contribution in [0.3, 0.4) is 0 Å². The third-order valence-electron chi connectivity index (χ3n) is 2.06. The maximum Gasteiger partial charge on any atom is 0.192 e. The van der Waals surface area contributed by atoms with Gasteiger partial charge in [0.1, 0.15) is 0 Å². The number of halogens is 1. The van der Waals surface area contributed by atoms with Crippen LogP contribution in [0, 0.1) is 17.8 Å². The van der Waals surface area contributed by atoms with Crippen molar-refractivity contribution in [2.75, 3.05) is 19.6 Å². The molecule has 0 spiro atoms. The summed E-state index contributed by atoms with van der Waals surface area (Å²) < 4.78 is 0. The number of nitrogens with one attached hydrogen (secondary N) is 2. The lowest BCUT2D eigenvalue weighted by molar-refractivity contribution is 0.368. The van der Waals surface area contributed by atoms with Crippen LogP contribution >= 0.6 is 24.0 Å². The Hall–Kier alpha value is -0.440. The summed E-state index contributed by atoms with van der Waals surface area (Å²) in [7, 11) is 0. The molecular weight excluding hydrogens is 325 g/mol. The fourth-order valence-corrected chi connectivity index (χ4v) is 1.28. The summed E-state index contributed by atoms with van der Waals surface area (Å²) in [5.41, 5.74) is 0.389. The Bertz CT molecular complexity index is 248. The summed E-state index contributed by atoms with van der Waals surface area (Å²) in [5.74, 6) is 3.35. The average Bonchev–Trinajstić information content (AvgIpc) is 2.19. The number of rotatable bonds is 5. The van der Waals surface area contributed by atoms with Gasteiger partial charge in [-0.1, -0.05) is 26.7 Å². The monoisotopic (exact) mass is 351 g/mol. The molecule has 4 heteroatoms. The molecule has 3 nitrogen and oxygen atoms in total. The van der Waals surface area contributed by atoms with Crippen molar-refractivity contribution in [3.8, 4) is 12.3 Å². The molecule has 0 aliphatic carbocycles. The number of nitrogens with zero attached hydrogens (tertiary/aromatic N) is 1. The first-order valence-corrected chi connectivity index (χ1v) is 5.95. The van der Waals surface area contributed by atoms with Gasteiger partial charge in [0.25, 0.3) is 0 Å². The maximum atomic E-state index is 5.19. The zero-order valence-electron chi connectivity index (χ0n) is 11.5. The third kappa shape index (κ3) is 13.5. The van der Waals surface area contributed by atoms with Crippen molar-refractivity contribution in [3.63, 3.8) is 0 Å². The van der Waals surface area contributed by atoms with Crippen LogP contribution in [0.2, 0.25) is 0 Å². The van der Waals surface area contributed by atoms with Crippen molar-refractivity contribution >= 4 is 29.9 Å². The molecule has 2 N–H and O–H groups in total. The van der Waals surface area contributed by atoms with Gasteiger partial charge in [-0.05, 0) is 25.2 Å². The van der Waals surface area contributed by atoms with Gasteiger partial charge in [0.2, 0.25) is 0 Å². The lowest BCUT2D eigenvalue weighted by Crippen LogP contribution is -2.37. The van der Waals surface area contributed by atoms with Crippen molar-refractivity contribution in [2.24, 2.45) is 10.4 Å². The van der Waals surface area contributed by atoms with Gasteiger partial charge in [-0.3, -0.25) is 4.99 Å². The molecule has 17 heavy (non-hydrogen) atoms. The minimum absolute atomic E-state index is 0. The molecule has 0 saturated heterocycles. The fourth-order valence-electron chi connectivity index (χ4n) is 1.28. The second kappa shape index (κ2) is 10.7. The van der Waals surface area contributed by atoms with Gasteiger partial charge in [-0.25, -0.2) is 0 Å². The van der Waals surface area contributed by atoms with E-state index in [4.69, 9.17) is 6.42 Å². The predicted molar refractivity (Wildman–Crippen MR) is 86.9 cm³/mol. The summed E-state index contributed by atoms with van der Waals surface area (Å²) in [6.45, 7) is 11.0. The van der Waals surface area contributed by atoms with E-state index in [0.29, 0.717) is 12.0 Å². The molecule has 0 aromatic rings. The molecular formula is C13H26IN3. The quantitative estimate of drug-likeness (QED) is 0.263. The molecule has 0 atom stereocenters. The van der Waals surface area contributed by atoms with Gasteiger partial charge in [0, 0.05) is 13.1 Å². The SMILES string of the molecule is C#CCNC(=NCCCC(C)(C)C)NCC.I. The number of hydrogen-bond donors (Lipinski definition) is 2. The second-order valence-electron chi connectivity index (χ2n) is 4.98. The summed E-state index contributed by atoms with van der Waals surface area (Å²) in [6.07, 6.45) is 7.48. The molecule has 0 aromatic carbocycles. The van der Waals surface area contributed by atoms with Crippen LogP contribution in [-0.4, -0.2) is 25.6 Å². The van der Waals surface area contributed by atoms with E-state index in [1.165, 1.54) is 6.42 Å². The Morgan fingerprint density at radius 2 is 1.94 bits per heavy atom. The maximum absolute atomic E-state index is 5.19. The van der Waals surface area contributed by atoms with Gasteiger partial charge in [-0.2, -0.15) is 0 Å². The molecule has 0 radical (unpaired) electrons. The first-order valence-electron chi connectivity index (χ1n) is 5.95. The number of hydrogen-bond acceptors (Lipinski definition) is 1. The Labute approximate surface area is 123 Å². The van der Waals surface area contributed by atoms with E-state index in [1.807, 2.05) is 6.92 Å². The van der Waals surface area contributed by atoms with Crippen LogP contribution in [-0.2, 0) is 0 Å². The minimum Gasteiger partial charge on any atom is -0.357 e. The van der Waals surface area contributed by atoms with Crippen LogP contribution in [0.4, 0.5) is 0 Å². The zero-order chi connectivity index (χ0) is 12.4. The number of terminal acetylenes is 1. The topological polar surface area (TPSA) is 36.4 Å². The van der Waals surface area contributed by atoms with E-state index >= 15 is 0 Å². The van der Waals surface area contributed by atoms with Crippen molar-refractivity contribution in [1.82, 2.24) is 10.6 Å². The summed E-state index contributed by atoms with van der Waals surface area (Å²) in [5, 5.41) is 6.23. The molecule has 0 heterocycles. The van der Waals surface area contributed by atoms with E-state index in [9.17, 15) is 0 Å². The molecule has 0 saturated carbocycles. The van der Waals surface area contributed by atoms with E-state index in [1.54, 1.807) is 0 Å². The van der Waals surface area contributed by atoms with Crippen LogP contribution in [0.5, 0.6) is 0 Å². The molecule has 0 rings (SSSR count). The van der Waals surface area contributed by atoms with Gasteiger partial charge < -0.3 is 10.6 Å². The highest BCUT2D eigenvalue weighted by Gasteiger charge is 2.08. The largest absolute Gasteiger partial charge is 0.357 e. The van der Waals surface area contributed by atoms with Gasteiger partial charge >= 0.3 is 0 Å². The van der Waals surface area contributed by atoms with Crippen LogP contribution in [0.15, 0.2) is 4.99 Å². The number of guanidine groups is 1. The molecule has 0 aliphatic heterocycles. The lowest BCUT2D eigenvalue weighted by Gasteiger charge is -2.17. The van der Waals surface area contributed by atoms with E-state index in [0.717, 1.165) is 25.5 Å². The molecule has 0 aromatic heterocycles. The Morgan fingerprint density at radius 1 is 1.29 bits per heavy atom. The molecule has 0 fully saturated rings. The van der Waals surface area contributed by atoms with E-state index in [2.05, 4.69) is 42.3 Å². The fraction of sp³-hybridized carbons (Fsp3) is 0.769. The van der Waals surface area contributed by atoms with Gasteiger partial charge in [-0.15, -0.1) is 30.4 Å². The van der Waals surface area contributed by atoms with E-state index < -0.39 is 0 Å². The predicted octanol–water partition coefficient (Wildman–Crippen LogP) is 2.62.